The lowest BCUT2D eigenvalue weighted by atomic mass is 10.00. The second-order valence-electron chi connectivity index (χ2n) is 14.2. The van der Waals surface area contributed by atoms with E-state index in [0.29, 0.717) is 5.95 Å². The first-order valence-corrected chi connectivity index (χ1v) is 18.6. The van der Waals surface area contributed by atoms with Gasteiger partial charge in [0, 0.05) is 43.6 Å². The molecule has 0 atom stereocenters. The van der Waals surface area contributed by atoms with Gasteiger partial charge in [0.05, 0.1) is 38.7 Å². The van der Waals surface area contributed by atoms with Crippen LogP contribution in [0.1, 0.15) is 0 Å². The fourth-order valence-electron chi connectivity index (χ4n) is 8.67. The monoisotopic (exact) mass is 702 g/mol. The van der Waals surface area contributed by atoms with Crippen LogP contribution >= 0.6 is 0 Å². The Morgan fingerprint density at radius 1 is 0.382 bits per heavy atom. The largest absolute Gasteiger partial charge is 0.455 e. The summed E-state index contributed by atoms with van der Waals surface area (Å²) < 4.78 is 11.2. The van der Waals surface area contributed by atoms with Crippen LogP contribution in [0.15, 0.2) is 186 Å². The van der Waals surface area contributed by atoms with Crippen molar-refractivity contribution in [2.45, 2.75) is 0 Å². The number of para-hydroxylation sites is 4. The van der Waals surface area contributed by atoms with Crippen LogP contribution in [-0.2, 0) is 0 Å². The Hall–Kier alpha value is -7.50. The van der Waals surface area contributed by atoms with E-state index in [1.54, 1.807) is 0 Å². The lowest BCUT2D eigenvalue weighted by Crippen LogP contribution is -2.03. The Morgan fingerprint density at radius 3 is 1.82 bits per heavy atom. The van der Waals surface area contributed by atoms with E-state index in [1.165, 1.54) is 0 Å². The molecule has 0 bridgehead atoms. The predicted octanol–water partition coefficient (Wildman–Crippen LogP) is 13.1. The summed E-state index contributed by atoms with van der Waals surface area (Å²) in [6.45, 7) is 0. The minimum Gasteiger partial charge on any atom is -0.455 e. The summed E-state index contributed by atoms with van der Waals surface area (Å²) in [5, 5.41) is 7.87. The fraction of sp³-hybridized carbons (Fsp3) is 0. The average Bonchev–Trinajstić information content (AvgIpc) is 3.91. The van der Waals surface area contributed by atoms with Crippen molar-refractivity contribution < 1.29 is 4.42 Å². The molecule has 0 saturated heterocycles. The van der Waals surface area contributed by atoms with Crippen molar-refractivity contribution >= 4 is 76.5 Å². The zero-order valence-electron chi connectivity index (χ0n) is 29.5. The Kier molecular flexibility index (Phi) is 6.27. The second kappa shape index (κ2) is 11.5. The quantitative estimate of drug-likeness (QED) is 0.183. The molecule has 0 spiro atoms. The molecule has 4 aromatic heterocycles. The van der Waals surface area contributed by atoms with Crippen LogP contribution in [0.5, 0.6) is 0 Å². The topological polar surface area (TPSA) is 48.8 Å². The van der Waals surface area contributed by atoms with E-state index in [1.807, 2.05) is 18.2 Å². The third-order valence-electron chi connectivity index (χ3n) is 11.1. The Bertz CT molecular complexity index is 3480. The fourth-order valence-corrected chi connectivity index (χ4v) is 8.67. The molecular formula is C50H30N4O. The van der Waals surface area contributed by atoms with Gasteiger partial charge in [0.1, 0.15) is 11.2 Å². The standard InChI is InChI=1S/C50H30N4O/c1-3-13-31(14-4-1)48-38-19-7-10-20-41(38)51-50(52-48)54-42-21-11-8-17-35(42)39-29-32(23-26-43(39)54)33-24-27-44-40(30-33)47-45(53(44)34-15-5-2-6-16-34)28-25-37-36-18-9-12-22-46(36)55-49(37)47/h1-30H. The highest BCUT2D eigenvalue weighted by atomic mass is 16.3. The van der Waals surface area contributed by atoms with Crippen molar-refractivity contribution in [1.29, 1.82) is 0 Å². The number of hydrogen-bond acceptors (Lipinski definition) is 3. The lowest BCUT2D eigenvalue weighted by Gasteiger charge is -2.12. The van der Waals surface area contributed by atoms with E-state index in [4.69, 9.17) is 14.4 Å². The van der Waals surface area contributed by atoms with Gasteiger partial charge in [0.15, 0.2) is 0 Å². The molecule has 55 heavy (non-hydrogen) atoms. The van der Waals surface area contributed by atoms with Crippen LogP contribution in [0.2, 0.25) is 0 Å². The number of furan rings is 1. The second-order valence-corrected chi connectivity index (χ2v) is 14.2. The van der Waals surface area contributed by atoms with Crippen molar-refractivity contribution in [3.05, 3.63) is 182 Å². The van der Waals surface area contributed by atoms with Gasteiger partial charge in [-0.2, -0.15) is 0 Å². The van der Waals surface area contributed by atoms with Crippen LogP contribution in [0, 0.1) is 0 Å². The minimum atomic E-state index is 0.654. The van der Waals surface area contributed by atoms with Crippen molar-refractivity contribution in [3.63, 3.8) is 0 Å². The third-order valence-corrected chi connectivity index (χ3v) is 11.1. The molecule has 12 aromatic rings. The molecule has 5 heteroatoms. The SMILES string of the molecule is c1ccc(-c2nc(-n3c4ccccc4c4cc(-c5ccc6c(c5)c5c7oc8ccccc8c7ccc5n6-c5ccccc5)ccc43)nc3ccccc23)cc1. The zero-order valence-corrected chi connectivity index (χ0v) is 29.5. The molecule has 0 unspecified atom stereocenters. The van der Waals surface area contributed by atoms with E-state index in [2.05, 4.69) is 173 Å². The maximum absolute atomic E-state index is 6.65. The maximum Gasteiger partial charge on any atom is 0.235 e. The Labute approximate surface area is 315 Å². The molecule has 8 aromatic carbocycles. The molecule has 0 amide bonds. The molecule has 4 heterocycles. The number of nitrogens with zero attached hydrogens (tertiary/aromatic N) is 4. The van der Waals surface area contributed by atoms with Crippen molar-refractivity contribution in [2.75, 3.05) is 0 Å². The summed E-state index contributed by atoms with van der Waals surface area (Å²) >= 11 is 0. The van der Waals surface area contributed by atoms with Gasteiger partial charge in [-0.1, -0.05) is 115 Å². The molecular weight excluding hydrogens is 673 g/mol. The van der Waals surface area contributed by atoms with Gasteiger partial charge in [-0.25, -0.2) is 9.97 Å². The molecule has 0 fully saturated rings. The van der Waals surface area contributed by atoms with E-state index >= 15 is 0 Å². The predicted molar refractivity (Wildman–Crippen MR) is 226 cm³/mol. The first-order valence-electron chi connectivity index (χ1n) is 18.6. The van der Waals surface area contributed by atoms with Crippen LogP contribution < -0.4 is 0 Å². The van der Waals surface area contributed by atoms with Gasteiger partial charge in [-0.05, 0) is 77.9 Å². The van der Waals surface area contributed by atoms with E-state index in [0.717, 1.165) is 105 Å². The maximum atomic E-state index is 6.65. The average molecular weight is 703 g/mol. The van der Waals surface area contributed by atoms with Crippen LogP contribution in [0.3, 0.4) is 0 Å². The smallest absolute Gasteiger partial charge is 0.235 e. The van der Waals surface area contributed by atoms with E-state index in [-0.39, 0.29) is 0 Å². The summed E-state index contributed by atoms with van der Waals surface area (Å²) in [5.74, 6) is 0.654. The number of rotatable bonds is 4. The highest BCUT2D eigenvalue weighted by molar-refractivity contribution is 6.24. The first kappa shape index (κ1) is 30.0. The summed E-state index contributed by atoms with van der Waals surface area (Å²) in [6.07, 6.45) is 0. The Morgan fingerprint density at radius 2 is 1.00 bits per heavy atom. The number of fused-ring (bicyclic) bond motifs is 11. The van der Waals surface area contributed by atoms with Gasteiger partial charge >= 0.3 is 0 Å². The number of hydrogen-bond donors (Lipinski definition) is 0. The molecule has 12 rings (SSSR count). The highest BCUT2D eigenvalue weighted by Gasteiger charge is 2.21. The molecule has 5 nitrogen and oxygen atoms in total. The summed E-state index contributed by atoms with van der Waals surface area (Å²) in [4.78, 5) is 10.4. The van der Waals surface area contributed by atoms with Gasteiger partial charge in [0.25, 0.3) is 0 Å². The molecule has 256 valence electrons. The molecule has 0 aliphatic heterocycles. The van der Waals surface area contributed by atoms with Crippen molar-refractivity contribution in [2.24, 2.45) is 0 Å². The van der Waals surface area contributed by atoms with Crippen molar-refractivity contribution in [1.82, 2.24) is 19.1 Å². The molecule has 0 aliphatic rings. The Balaban J connectivity index is 1.09. The molecule has 0 radical (unpaired) electrons. The molecule has 0 saturated carbocycles. The summed E-state index contributed by atoms with van der Waals surface area (Å²) in [6, 6.07) is 64.2. The van der Waals surface area contributed by atoms with Crippen LogP contribution in [0.4, 0.5) is 0 Å². The zero-order chi connectivity index (χ0) is 36.0. The van der Waals surface area contributed by atoms with E-state index in [9.17, 15) is 0 Å². The first-order chi connectivity index (χ1) is 27.3. The third kappa shape index (κ3) is 4.41. The highest BCUT2D eigenvalue weighted by Crippen LogP contribution is 2.42. The van der Waals surface area contributed by atoms with Gasteiger partial charge in [0.2, 0.25) is 5.95 Å². The normalized spacial score (nSPS) is 12.0. The summed E-state index contributed by atoms with van der Waals surface area (Å²) in [5.41, 5.74) is 12.5. The van der Waals surface area contributed by atoms with Gasteiger partial charge in [-0.3, -0.25) is 4.57 Å². The summed E-state index contributed by atoms with van der Waals surface area (Å²) in [7, 11) is 0. The van der Waals surface area contributed by atoms with E-state index < -0.39 is 0 Å². The van der Waals surface area contributed by atoms with Crippen LogP contribution in [0.25, 0.3) is 110 Å². The number of benzene rings is 8. The van der Waals surface area contributed by atoms with Crippen LogP contribution in [-0.4, -0.2) is 19.1 Å². The molecule has 0 aliphatic carbocycles. The minimum absolute atomic E-state index is 0.654. The van der Waals surface area contributed by atoms with Gasteiger partial charge < -0.3 is 8.98 Å². The lowest BCUT2D eigenvalue weighted by molar-refractivity contribution is 0.673. The molecule has 0 N–H and O–H groups in total. The van der Waals surface area contributed by atoms with Gasteiger partial charge in [-0.15, -0.1) is 0 Å². The number of aromatic nitrogens is 4. The van der Waals surface area contributed by atoms with Crippen molar-refractivity contribution in [3.8, 4) is 34.0 Å².